The van der Waals surface area contributed by atoms with Crippen LogP contribution in [0.15, 0.2) is 175 Å². The lowest BCUT2D eigenvalue weighted by Gasteiger charge is -2.39. The summed E-state index contributed by atoms with van der Waals surface area (Å²) in [6.45, 7) is 0. The lowest BCUT2D eigenvalue weighted by molar-refractivity contribution is 0.255. The molecule has 2 aliphatic heterocycles. The van der Waals surface area contributed by atoms with Gasteiger partial charge in [-0.25, -0.2) is 20.0 Å². The highest BCUT2D eigenvalue weighted by Gasteiger charge is 2.61. The number of hydrogen-bond acceptors (Lipinski definition) is 4. The van der Waals surface area contributed by atoms with Crippen molar-refractivity contribution in [3.05, 3.63) is 202 Å². The molecule has 52 heavy (non-hydrogen) atoms. The number of halogens is 6. The molecule has 0 N–H and O–H groups in total. The fraction of sp³-hybridized carbons (Fsp3) is 0.0476. The first-order valence-corrected chi connectivity index (χ1v) is 22.0. The highest BCUT2D eigenvalue weighted by Crippen LogP contribution is 2.57. The van der Waals surface area contributed by atoms with E-state index in [1.807, 2.05) is 36.4 Å². The molecule has 0 amide bonds. The summed E-state index contributed by atoms with van der Waals surface area (Å²) in [5.41, 5.74) is 5.94. The quantitative estimate of drug-likeness (QED) is 0.143. The Balaban J connectivity index is 1.55. The lowest BCUT2D eigenvalue weighted by Crippen LogP contribution is -2.43. The van der Waals surface area contributed by atoms with Crippen LogP contribution in [0.25, 0.3) is 0 Å². The molecule has 2 heterocycles. The molecule has 0 aromatic heterocycles. The van der Waals surface area contributed by atoms with Gasteiger partial charge >= 0.3 is 0 Å². The van der Waals surface area contributed by atoms with Crippen LogP contribution in [-0.2, 0) is 11.3 Å². The van der Waals surface area contributed by atoms with Crippen LogP contribution in [0, 0.1) is 14.3 Å². The molecule has 0 radical (unpaired) electrons. The second kappa shape index (κ2) is 15.2. The van der Waals surface area contributed by atoms with Crippen molar-refractivity contribution >= 4 is 145 Å². The highest BCUT2D eigenvalue weighted by molar-refractivity contribution is 14.1. The molecule has 0 fully saturated rings. The van der Waals surface area contributed by atoms with Crippen molar-refractivity contribution in [3.63, 3.8) is 0 Å². The molecule has 8 rings (SSSR count). The monoisotopic (exact) mass is 1250 g/mol. The van der Waals surface area contributed by atoms with E-state index in [-0.39, 0.29) is 0 Å². The second-order valence-corrected chi connectivity index (χ2v) is 18.9. The molecule has 0 saturated carbocycles. The van der Waals surface area contributed by atoms with E-state index in [4.69, 9.17) is 20.0 Å². The maximum atomic E-state index is 5.83. The average Bonchev–Trinajstić information content (AvgIpc) is 3.76. The molecule has 6 aromatic rings. The van der Waals surface area contributed by atoms with Crippen LogP contribution < -0.4 is 0 Å². The van der Waals surface area contributed by atoms with Gasteiger partial charge in [-0.2, -0.15) is 0 Å². The van der Waals surface area contributed by atoms with Crippen LogP contribution in [-0.4, -0.2) is 22.8 Å². The van der Waals surface area contributed by atoms with Crippen LogP contribution in [0.2, 0.25) is 0 Å². The fourth-order valence-corrected chi connectivity index (χ4v) is 9.12. The minimum atomic E-state index is -1.38. The fourth-order valence-electron chi connectivity index (χ4n) is 6.56. The Morgan fingerprint density at radius 3 is 0.788 bits per heavy atom. The number of nitrogens with zero attached hydrogens (tertiary/aromatic N) is 4. The van der Waals surface area contributed by atoms with Gasteiger partial charge in [-0.05, 0) is 151 Å². The van der Waals surface area contributed by atoms with Gasteiger partial charge in [-0.1, -0.05) is 117 Å². The van der Waals surface area contributed by atoms with Gasteiger partial charge < -0.3 is 0 Å². The summed E-state index contributed by atoms with van der Waals surface area (Å²) in [7, 11) is 0. The lowest BCUT2D eigenvalue weighted by atomic mass is 9.82. The molecule has 0 bridgehead atoms. The van der Waals surface area contributed by atoms with Crippen LogP contribution in [0.4, 0.5) is 0 Å². The summed E-state index contributed by atoms with van der Waals surface area (Å²) in [6.07, 6.45) is 0. The molecule has 2 aliphatic rings. The van der Waals surface area contributed by atoms with Crippen LogP contribution in [0.1, 0.15) is 33.4 Å². The highest BCUT2D eigenvalue weighted by atomic mass is 127. The first kappa shape index (κ1) is 36.8. The van der Waals surface area contributed by atoms with E-state index < -0.39 is 11.3 Å². The number of aliphatic imine (C=N–C) groups is 4. The van der Waals surface area contributed by atoms with Gasteiger partial charge in [0.25, 0.3) is 0 Å². The molecule has 0 spiro atoms. The van der Waals surface area contributed by atoms with Crippen LogP contribution >= 0.6 is 122 Å². The van der Waals surface area contributed by atoms with Crippen molar-refractivity contribution in [2.75, 3.05) is 0 Å². The number of hydrogen-bond donors (Lipinski definition) is 0. The second-order valence-electron chi connectivity index (χ2n) is 12.2. The third-order valence-corrected chi connectivity index (χ3v) is 13.3. The van der Waals surface area contributed by atoms with E-state index in [0.717, 1.165) is 79.5 Å². The first-order valence-electron chi connectivity index (χ1n) is 16.1. The molecule has 10 heteroatoms. The zero-order valence-corrected chi connectivity index (χ0v) is 38.7. The average molecular weight is 1250 g/mol. The molecule has 0 saturated heterocycles. The topological polar surface area (TPSA) is 49.4 Å². The SMILES string of the molecule is Brc1ccccc1C1(C2(c3ccccc3Br)N=C(c3ccc(I)cc3)C(c3ccc(I)cc3)=N2)N=C(c2ccc(I)cc2)C(c2ccc(I)cc2)=N1. The van der Waals surface area contributed by atoms with Gasteiger partial charge in [-0.3, -0.25) is 0 Å². The number of rotatable bonds is 7. The maximum absolute atomic E-state index is 5.83. The van der Waals surface area contributed by atoms with E-state index in [9.17, 15) is 0 Å². The molecule has 254 valence electrons. The van der Waals surface area contributed by atoms with E-state index >= 15 is 0 Å². The van der Waals surface area contributed by atoms with Crippen molar-refractivity contribution < 1.29 is 0 Å². The van der Waals surface area contributed by atoms with E-state index in [2.05, 4.69) is 231 Å². The van der Waals surface area contributed by atoms with Crippen molar-refractivity contribution in [2.24, 2.45) is 20.0 Å². The van der Waals surface area contributed by atoms with Crippen LogP contribution in [0.3, 0.4) is 0 Å². The summed E-state index contributed by atoms with van der Waals surface area (Å²) in [5.74, 6) is 0. The molecule has 6 aromatic carbocycles. The van der Waals surface area contributed by atoms with Gasteiger partial charge in [-0.15, -0.1) is 0 Å². The Kier molecular flexibility index (Phi) is 10.8. The Bertz CT molecular complexity index is 2160. The van der Waals surface area contributed by atoms with Crippen molar-refractivity contribution in [3.8, 4) is 0 Å². The minimum absolute atomic E-state index is 0.781. The summed E-state index contributed by atoms with van der Waals surface area (Å²) < 4.78 is 6.30. The van der Waals surface area contributed by atoms with Crippen molar-refractivity contribution in [1.29, 1.82) is 0 Å². The van der Waals surface area contributed by atoms with Crippen molar-refractivity contribution in [1.82, 2.24) is 0 Å². The zero-order chi connectivity index (χ0) is 36.0. The van der Waals surface area contributed by atoms with E-state index in [1.165, 1.54) is 0 Å². The van der Waals surface area contributed by atoms with E-state index in [1.54, 1.807) is 0 Å². The maximum Gasteiger partial charge on any atom is 0.227 e. The van der Waals surface area contributed by atoms with E-state index in [0.29, 0.717) is 0 Å². The van der Waals surface area contributed by atoms with Gasteiger partial charge in [0.1, 0.15) is 0 Å². The molecule has 0 atom stereocenters. The summed E-state index contributed by atoms with van der Waals surface area (Å²) in [5, 5.41) is 0. The van der Waals surface area contributed by atoms with Gasteiger partial charge in [0.05, 0.1) is 22.8 Å². The molecule has 0 unspecified atom stereocenters. The zero-order valence-electron chi connectivity index (χ0n) is 26.9. The van der Waals surface area contributed by atoms with Gasteiger partial charge in [0, 0.05) is 56.6 Å². The Morgan fingerprint density at radius 1 is 0.327 bits per heavy atom. The summed E-state index contributed by atoms with van der Waals surface area (Å²) in [4.78, 5) is 23.3. The van der Waals surface area contributed by atoms with Crippen LogP contribution in [0.5, 0.6) is 0 Å². The van der Waals surface area contributed by atoms with Crippen molar-refractivity contribution in [2.45, 2.75) is 11.3 Å². The smallest absolute Gasteiger partial charge is 0.227 e. The Labute approximate surface area is 373 Å². The van der Waals surface area contributed by atoms with Gasteiger partial charge in [0.2, 0.25) is 11.3 Å². The summed E-state index contributed by atoms with van der Waals surface area (Å²) >= 11 is 17.3. The number of benzene rings is 6. The molecular weight excluding hydrogens is 1230 g/mol. The Morgan fingerprint density at radius 2 is 0.558 bits per heavy atom. The predicted octanol–water partition coefficient (Wildman–Crippen LogP) is 12.6. The predicted molar refractivity (Wildman–Crippen MR) is 254 cm³/mol. The molecular formula is C42H24Br2I4N4. The first-order chi connectivity index (χ1) is 25.2. The normalized spacial score (nSPS) is 15.9. The van der Waals surface area contributed by atoms with Gasteiger partial charge in [0.15, 0.2) is 0 Å². The Hall–Kier alpha value is -2.12. The molecule has 0 aliphatic carbocycles. The standard InChI is InChI=1S/C42H24Br2I4N4/c43-35-7-3-1-5-33(35)41(49-37(25-9-17-29(45)18-10-25)38(50-41)26-11-19-30(46)20-12-26)42(34-6-2-4-8-36(34)44)51-39(27-13-21-31(47)22-14-27)40(52-42)28-15-23-32(48)24-16-28/h1-24H. The third kappa shape index (κ3) is 6.75. The molecule has 4 nitrogen and oxygen atoms in total. The third-order valence-electron chi connectivity index (χ3n) is 9.00. The summed E-state index contributed by atoms with van der Waals surface area (Å²) in [6, 6.07) is 50.3. The minimum Gasteiger partial charge on any atom is -0.243 e. The largest absolute Gasteiger partial charge is 0.243 e.